The SMILES string of the molecule is Cc1ccc2nc(-c3ccccc3)c(CN3CCN(C(=O)c4ccco4)CC3)n2c1. The van der Waals surface area contributed by atoms with Gasteiger partial charge in [-0.2, -0.15) is 0 Å². The molecule has 30 heavy (non-hydrogen) atoms. The fraction of sp³-hybridized carbons (Fsp3) is 0.250. The Morgan fingerprint density at radius 1 is 1.00 bits per heavy atom. The maximum atomic E-state index is 12.5. The second-order valence-corrected chi connectivity index (χ2v) is 7.75. The van der Waals surface area contributed by atoms with Crippen LogP contribution in [-0.2, 0) is 6.54 Å². The Hall–Kier alpha value is -3.38. The van der Waals surface area contributed by atoms with E-state index in [1.165, 1.54) is 11.3 Å². The lowest BCUT2D eigenvalue weighted by molar-refractivity contribution is 0.0596. The quantitative estimate of drug-likeness (QED) is 0.522. The molecule has 1 fully saturated rings. The standard InChI is InChI=1S/C24H24N4O2/c1-18-9-10-22-25-23(19-6-3-2-4-7-19)20(28(22)16-18)17-26-11-13-27(14-12-26)24(29)21-8-5-15-30-21/h2-10,15-16H,11-14,17H2,1H3. The number of rotatable bonds is 4. The minimum Gasteiger partial charge on any atom is -0.459 e. The molecule has 4 heterocycles. The lowest BCUT2D eigenvalue weighted by atomic mass is 10.1. The molecule has 0 atom stereocenters. The number of piperazine rings is 1. The van der Waals surface area contributed by atoms with Crippen molar-refractivity contribution >= 4 is 11.6 Å². The summed E-state index contributed by atoms with van der Waals surface area (Å²) >= 11 is 0. The molecule has 5 rings (SSSR count). The topological polar surface area (TPSA) is 54.0 Å². The van der Waals surface area contributed by atoms with E-state index in [9.17, 15) is 4.79 Å². The van der Waals surface area contributed by atoms with Gasteiger partial charge in [-0.15, -0.1) is 0 Å². The number of amides is 1. The first-order valence-corrected chi connectivity index (χ1v) is 10.3. The molecule has 4 aromatic rings. The summed E-state index contributed by atoms with van der Waals surface area (Å²) in [5.41, 5.74) is 5.50. The highest BCUT2D eigenvalue weighted by atomic mass is 16.3. The molecule has 0 aliphatic carbocycles. The lowest BCUT2D eigenvalue weighted by Gasteiger charge is -2.34. The summed E-state index contributed by atoms with van der Waals surface area (Å²) in [7, 11) is 0. The first kappa shape index (κ1) is 18.6. The van der Waals surface area contributed by atoms with Crippen LogP contribution in [0.3, 0.4) is 0 Å². The number of carbonyl (C=O) groups is 1. The number of pyridine rings is 1. The summed E-state index contributed by atoms with van der Waals surface area (Å²) in [6.07, 6.45) is 3.70. The number of carbonyl (C=O) groups excluding carboxylic acids is 1. The number of hydrogen-bond acceptors (Lipinski definition) is 4. The van der Waals surface area contributed by atoms with Gasteiger partial charge >= 0.3 is 0 Å². The van der Waals surface area contributed by atoms with Crippen LogP contribution in [0.15, 0.2) is 71.5 Å². The van der Waals surface area contributed by atoms with Crippen LogP contribution in [0, 0.1) is 6.92 Å². The van der Waals surface area contributed by atoms with Crippen LogP contribution in [0.25, 0.3) is 16.9 Å². The Bertz CT molecular complexity index is 1160. The summed E-state index contributed by atoms with van der Waals surface area (Å²) in [4.78, 5) is 21.7. The third kappa shape index (κ3) is 3.50. The van der Waals surface area contributed by atoms with E-state index in [1.807, 2.05) is 23.1 Å². The molecular weight excluding hydrogens is 376 g/mol. The maximum absolute atomic E-state index is 12.5. The summed E-state index contributed by atoms with van der Waals surface area (Å²) in [6, 6.07) is 18.0. The van der Waals surface area contributed by atoms with Crippen molar-refractivity contribution in [3.8, 4) is 11.3 Å². The van der Waals surface area contributed by atoms with E-state index < -0.39 is 0 Å². The molecule has 0 N–H and O–H groups in total. The average molecular weight is 400 g/mol. The Kier molecular flexibility index (Phi) is 4.85. The second-order valence-electron chi connectivity index (χ2n) is 7.75. The first-order chi connectivity index (χ1) is 14.7. The predicted molar refractivity (Wildman–Crippen MR) is 115 cm³/mol. The molecule has 1 saturated heterocycles. The first-order valence-electron chi connectivity index (χ1n) is 10.3. The smallest absolute Gasteiger partial charge is 0.289 e. The normalized spacial score (nSPS) is 15.0. The predicted octanol–water partition coefficient (Wildman–Crippen LogP) is 3.86. The highest BCUT2D eigenvalue weighted by Gasteiger charge is 2.25. The van der Waals surface area contributed by atoms with Crippen molar-refractivity contribution < 1.29 is 9.21 Å². The van der Waals surface area contributed by atoms with Crippen LogP contribution >= 0.6 is 0 Å². The summed E-state index contributed by atoms with van der Waals surface area (Å²) in [6.45, 7) is 5.91. The van der Waals surface area contributed by atoms with E-state index in [2.05, 4.69) is 46.7 Å². The van der Waals surface area contributed by atoms with Crippen LogP contribution in [-0.4, -0.2) is 51.3 Å². The fourth-order valence-corrected chi connectivity index (χ4v) is 4.05. The van der Waals surface area contributed by atoms with Gasteiger partial charge in [-0.05, 0) is 30.7 Å². The Balaban J connectivity index is 1.39. The van der Waals surface area contributed by atoms with Crippen LogP contribution < -0.4 is 0 Å². The zero-order chi connectivity index (χ0) is 20.5. The number of furan rings is 1. The number of aryl methyl sites for hydroxylation is 1. The molecule has 3 aromatic heterocycles. The number of nitrogens with zero attached hydrogens (tertiary/aromatic N) is 4. The molecule has 1 amide bonds. The minimum absolute atomic E-state index is 0.0324. The molecule has 0 unspecified atom stereocenters. The van der Waals surface area contributed by atoms with Gasteiger partial charge in [0.15, 0.2) is 5.76 Å². The van der Waals surface area contributed by atoms with Crippen molar-refractivity contribution in [3.63, 3.8) is 0 Å². The minimum atomic E-state index is -0.0324. The molecule has 6 heteroatoms. The van der Waals surface area contributed by atoms with E-state index >= 15 is 0 Å². The third-order valence-electron chi connectivity index (χ3n) is 5.68. The van der Waals surface area contributed by atoms with Gasteiger partial charge in [0, 0.05) is 44.5 Å². The zero-order valence-corrected chi connectivity index (χ0v) is 17.0. The summed E-state index contributed by atoms with van der Waals surface area (Å²) in [5.74, 6) is 0.377. The van der Waals surface area contributed by atoms with Gasteiger partial charge < -0.3 is 13.7 Å². The van der Waals surface area contributed by atoms with Crippen molar-refractivity contribution in [1.29, 1.82) is 0 Å². The zero-order valence-electron chi connectivity index (χ0n) is 17.0. The number of hydrogen-bond donors (Lipinski definition) is 0. The molecule has 0 bridgehead atoms. The van der Waals surface area contributed by atoms with Crippen LogP contribution in [0.2, 0.25) is 0 Å². The monoisotopic (exact) mass is 400 g/mol. The second kappa shape index (κ2) is 7.80. The van der Waals surface area contributed by atoms with E-state index in [4.69, 9.17) is 9.40 Å². The molecule has 0 spiro atoms. The number of aromatic nitrogens is 2. The molecule has 1 aromatic carbocycles. The molecule has 0 saturated carbocycles. The maximum Gasteiger partial charge on any atom is 0.289 e. The van der Waals surface area contributed by atoms with Gasteiger partial charge in [-0.1, -0.05) is 36.4 Å². The number of imidazole rings is 1. The van der Waals surface area contributed by atoms with Crippen LogP contribution in [0.1, 0.15) is 21.8 Å². The van der Waals surface area contributed by atoms with Crippen LogP contribution in [0.4, 0.5) is 0 Å². The van der Waals surface area contributed by atoms with Gasteiger partial charge in [0.25, 0.3) is 5.91 Å². The van der Waals surface area contributed by atoms with Crippen molar-refractivity contribution in [2.75, 3.05) is 26.2 Å². The van der Waals surface area contributed by atoms with Crippen LogP contribution in [0.5, 0.6) is 0 Å². The van der Waals surface area contributed by atoms with E-state index in [-0.39, 0.29) is 5.91 Å². The molecule has 152 valence electrons. The van der Waals surface area contributed by atoms with Gasteiger partial charge in [-0.3, -0.25) is 9.69 Å². The lowest BCUT2D eigenvalue weighted by Crippen LogP contribution is -2.48. The van der Waals surface area contributed by atoms with Gasteiger partial charge in [-0.25, -0.2) is 4.98 Å². The fourth-order valence-electron chi connectivity index (χ4n) is 4.05. The van der Waals surface area contributed by atoms with Crippen molar-refractivity contribution in [2.45, 2.75) is 13.5 Å². The van der Waals surface area contributed by atoms with Crippen molar-refractivity contribution in [2.24, 2.45) is 0 Å². The average Bonchev–Trinajstić information content (AvgIpc) is 3.43. The molecule has 6 nitrogen and oxygen atoms in total. The highest BCUT2D eigenvalue weighted by Crippen LogP contribution is 2.26. The Morgan fingerprint density at radius 3 is 2.53 bits per heavy atom. The summed E-state index contributed by atoms with van der Waals surface area (Å²) in [5, 5.41) is 0. The third-order valence-corrected chi connectivity index (χ3v) is 5.68. The number of fused-ring (bicyclic) bond motifs is 1. The Morgan fingerprint density at radius 2 is 1.80 bits per heavy atom. The van der Waals surface area contributed by atoms with Gasteiger partial charge in [0.2, 0.25) is 0 Å². The molecule has 1 aliphatic rings. The van der Waals surface area contributed by atoms with Gasteiger partial charge in [0.1, 0.15) is 5.65 Å². The molecule has 0 radical (unpaired) electrons. The molecular formula is C24H24N4O2. The number of benzene rings is 1. The molecule has 1 aliphatic heterocycles. The largest absolute Gasteiger partial charge is 0.459 e. The summed E-state index contributed by atoms with van der Waals surface area (Å²) < 4.78 is 7.47. The Labute approximate surface area is 175 Å². The van der Waals surface area contributed by atoms with Gasteiger partial charge in [0.05, 0.1) is 17.7 Å². The van der Waals surface area contributed by atoms with E-state index in [0.29, 0.717) is 18.8 Å². The van der Waals surface area contributed by atoms with Crippen molar-refractivity contribution in [1.82, 2.24) is 19.2 Å². The van der Waals surface area contributed by atoms with E-state index in [1.54, 1.807) is 18.4 Å². The van der Waals surface area contributed by atoms with E-state index in [0.717, 1.165) is 36.5 Å². The van der Waals surface area contributed by atoms with Crippen molar-refractivity contribution in [3.05, 3.63) is 84.1 Å². The highest BCUT2D eigenvalue weighted by molar-refractivity contribution is 5.91.